The van der Waals surface area contributed by atoms with E-state index in [-0.39, 0.29) is 17.6 Å². The monoisotopic (exact) mass is 298 g/mol. The average Bonchev–Trinajstić information content (AvgIpc) is 2.55. The lowest BCUT2D eigenvalue weighted by Crippen LogP contribution is -2.30. The number of fused-ring (bicyclic) bond motifs is 1. The van der Waals surface area contributed by atoms with Gasteiger partial charge in [0, 0.05) is 16.6 Å². The second-order valence-electron chi connectivity index (χ2n) is 4.23. The van der Waals surface area contributed by atoms with Crippen LogP contribution in [0.4, 0.5) is 5.69 Å². The van der Waals surface area contributed by atoms with Gasteiger partial charge in [-0.05, 0) is 19.9 Å². The van der Waals surface area contributed by atoms with Crippen molar-refractivity contribution in [2.75, 3.05) is 0 Å². The predicted molar refractivity (Wildman–Crippen MR) is 65.8 cm³/mol. The summed E-state index contributed by atoms with van der Waals surface area (Å²) in [6, 6.07) is 3.12. The molecule has 0 atom stereocenters. The van der Waals surface area contributed by atoms with Crippen LogP contribution in [0.25, 0.3) is 0 Å². The van der Waals surface area contributed by atoms with E-state index >= 15 is 0 Å². The highest BCUT2D eigenvalue weighted by molar-refractivity contribution is 9.10. The van der Waals surface area contributed by atoms with E-state index in [1.54, 1.807) is 11.0 Å². The van der Waals surface area contributed by atoms with Gasteiger partial charge >= 0.3 is 0 Å². The van der Waals surface area contributed by atoms with Gasteiger partial charge in [-0.15, -0.1) is 0 Å². The maximum Gasteiger partial charge on any atom is 0.276 e. The normalized spacial score (nSPS) is 14.4. The number of carbonyl (C=O) groups excluding carboxylic acids is 1. The van der Waals surface area contributed by atoms with Crippen molar-refractivity contribution in [3.63, 3.8) is 0 Å². The first-order valence-corrected chi connectivity index (χ1v) is 5.99. The summed E-state index contributed by atoms with van der Waals surface area (Å²) in [5.74, 6) is -0.139. The van der Waals surface area contributed by atoms with E-state index in [2.05, 4.69) is 15.9 Å². The third-order valence-corrected chi connectivity index (χ3v) is 3.29. The summed E-state index contributed by atoms with van der Waals surface area (Å²) < 4.78 is 0.557. The van der Waals surface area contributed by atoms with Gasteiger partial charge < -0.3 is 4.90 Å². The number of nitrogens with zero attached hydrogens (tertiary/aromatic N) is 2. The molecule has 6 heteroatoms. The van der Waals surface area contributed by atoms with Crippen molar-refractivity contribution in [2.45, 2.75) is 26.4 Å². The Morgan fingerprint density at radius 3 is 2.65 bits per heavy atom. The number of halogens is 1. The third-order valence-electron chi connectivity index (χ3n) is 2.83. The standard InChI is InChI=1S/C11H11BrN2O3/c1-6(2)13-5-9-8(11(13)15)3-7(12)4-10(9)14(16)17/h3-4,6H,5H2,1-2H3. The quantitative estimate of drug-likeness (QED) is 0.623. The minimum absolute atomic E-state index is 0.00544. The first-order valence-electron chi connectivity index (χ1n) is 5.19. The predicted octanol–water partition coefficient (Wildman–Crippen LogP) is 2.72. The molecule has 0 fully saturated rings. The zero-order valence-corrected chi connectivity index (χ0v) is 11.0. The fourth-order valence-electron chi connectivity index (χ4n) is 1.96. The second-order valence-corrected chi connectivity index (χ2v) is 5.15. The summed E-state index contributed by atoms with van der Waals surface area (Å²) in [7, 11) is 0. The van der Waals surface area contributed by atoms with Crippen molar-refractivity contribution >= 4 is 27.5 Å². The van der Waals surface area contributed by atoms with Crippen LogP contribution >= 0.6 is 15.9 Å². The fourth-order valence-corrected chi connectivity index (χ4v) is 2.40. The van der Waals surface area contributed by atoms with Crippen molar-refractivity contribution < 1.29 is 9.72 Å². The van der Waals surface area contributed by atoms with E-state index in [0.717, 1.165) is 0 Å². The number of nitro benzene ring substituents is 1. The van der Waals surface area contributed by atoms with Crippen LogP contribution < -0.4 is 0 Å². The van der Waals surface area contributed by atoms with Gasteiger partial charge in [0.1, 0.15) is 0 Å². The van der Waals surface area contributed by atoms with Gasteiger partial charge in [0.25, 0.3) is 11.6 Å². The first kappa shape index (κ1) is 12.0. The SMILES string of the molecule is CC(C)N1Cc2c(cc(Br)cc2[N+](=O)[O-])C1=O. The Kier molecular flexibility index (Phi) is 2.91. The van der Waals surface area contributed by atoms with Crippen LogP contribution in [-0.4, -0.2) is 21.8 Å². The van der Waals surface area contributed by atoms with Gasteiger partial charge in [-0.2, -0.15) is 0 Å². The van der Waals surface area contributed by atoms with Gasteiger partial charge in [0.2, 0.25) is 0 Å². The Morgan fingerprint density at radius 2 is 2.12 bits per heavy atom. The maximum absolute atomic E-state index is 12.0. The van der Waals surface area contributed by atoms with E-state index in [0.29, 0.717) is 22.1 Å². The Morgan fingerprint density at radius 1 is 1.47 bits per heavy atom. The van der Waals surface area contributed by atoms with Gasteiger partial charge in [-0.1, -0.05) is 15.9 Å². The molecule has 0 aromatic heterocycles. The van der Waals surface area contributed by atoms with Crippen molar-refractivity contribution in [2.24, 2.45) is 0 Å². The number of carbonyl (C=O) groups is 1. The molecule has 0 saturated heterocycles. The zero-order chi connectivity index (χ0) is 12.7. The summed E-state index contributed by atoms with van der Waals surface area (Å²) >= 11 is 3.19. The Labute approximate surface area is 107 Å². The highest BCUT2D eigenvalue weighted by Gasteiger charge is 2.34. The summed E-state index contributed by atoms with van der Waals surface area (Å²) in [5, 5.41) is 11.0. The van der Waals surface area contributed by atoms with Crippen LogP contribution in [-0.2, 0) is 6.54 Å². The van der Waals surface area contributed by atoms with Gasteiger partial charge in [0.15, 0.2) is 0 Å². The van der Waals surface area contributed by atoms with E-state index in [1.165, 1.54) is 6.07 Å². The van der Waals surface area contributed by atoms with Crippen molar-refractivity contribution in [3.8, 4) is 0 Å². The van der Waals surface area contributed by atoms with Crippen molar-refractivity contribution in [1.29, 1.82) is 0 Å². The van der Waals surface area contributed by atoms with Crippen LogP contribution in [0.2, 0.25) is 0 Å². The summed E-state index contributed by atoms with van der Waals surface area (Å²) in [6.07, 6.45) is 0. The van der Waals surface area contributed by atoms with E-state index < -0.39 is 4.92 Å². The minimum Gasteiger partial charge on any atom is -0.332 e. The van der Waals surface area contributed by atoms with Crippen LogP contribution in [0.5, 0.6) is 0 Å². The molecule has 2 rings (SSSR count). The van der Waals surface area contributed by atoms with Crippen molar-refractivity contribution in [1.82, 2.24) is 4.90 Å². The summed E-state index contributed by atoms with van der Waals surface area (Å²) in [6.45, 7) is 4.10. The zero-order valence-electron chi connectivity index (χ0n) is 9.44. The van der Waals surface area contributed by atoms with Crippen LogP contribution in [0.15, 0.2) is 16.6 Å². The fraction of sp³-hybridized carbons (Fsp3) is 0.364. The molecule has 90 valence electrons. The number of amides is 1. The molecular weight excluding hydrogens is 288 g/mol. The molecule has 17 heavy (non-hydrogen) atoms. The van der Waals surface area contributed by atoms with Crippen LogP contribution in [0.1, 0.15) is 29.8 Å². The molecule has 0 bridgehead atoms. The van der Waals surface area contributed by atoms with Gasteiger partial charge in [-0.3, -0.25) is 14.9 Å². The molecule has 1 heterocycles. The largest absolute Gasteiger partial charge is 0.332 e. The van der Waals surface area contributed by atoms with Crippen LogP contribution in [0.3, 0.4) is 0 Å². The number of hydrogen-bond acceptors (Lipinski definition) is 3. The van der Waals surface area contributed by atoms with E-state index in [9.17, 15) is 14.9 Å². The molecule has 0 N–H and O–H groups in total. The second kappa shape index (κ2) is 4.10. The molecule has 5 nitrogen and oxygen atoms in total. The Balaban J connectivity index is 2.57. The van der Waals surface area contributed by atoms with Crippen LogP contribution in [0, 0.1) is 10.1 Å². The third kappa shape index (κ3) is 1.93. The Bertz CT molecular complexity index is 514. The smallest absolute Gasteiger partial charge is 0.276 e. The summed E-state index contributed by atoms with van der Waals surface area (Å²) in [4.78, 5) is 24.2. The van der Waals surface area contributed by atoms with Gasteiger partial charge in [0.05, 0.1) is 22.6 Å². The molecule has 0 saturated carbocycles. The highest BCUT2D eigenvalue weighted by Crippen LogP contribution is 2.34. The van der Waals surface area contributed by atoms with Gasteiger partial charge in [-0.25, -0.2) is 0 Å². The summed E-state index contributed by atoms with van der Waals surface area (Å²) in [5.41, 5.74) is 0.947. The highest BCUT2D eigenvalue weighted by atomic mass is 79.9. The molecule has 1 aliphatic heterocycles. The lowest BCUT2D eigenvalue weighted by atomic mass is 10.1. The van der Waals surface area contributed by atoms with Crippen molar-refractivity contribution in [3.05, 3.63) is 37.8 Å². The Hall–Kier alpha value is -1.43. The molecule has 0 aliphatic carbocycles. The molecule has 0 spiro atoms. The number of nitro groups is 1. The molecule has 1 aromatic rings. The molecule has 0 unspecified atom stereocenters. The lowest BCUT2D eigenvalue weighted by molar-refractivity contribution is -0.385. The maximum atomic E-state index is 12.0. The van der Waals surface area contributed by atoms with E-state index in [1.807, 2.05) is 13.8 Å². The first-order chi connectivity index (χ1) is 7.91. The molecule has 0 radical (unpaired) electrons. The molecule has 1 aromatic carbocycles. The molecule has 1 aliphatic rings. The number of hydrogen-bond donors (Lipinski definition) is 0. The number of rotatable bonds is 2. The average molecular weight is 299 g/mol. The van der Waals surface area contributed by atoms with E-state index in [4.69, 9.17) is 0 Å². The number of benzene rings is 1. The molecule has 1 amide bonds. The lowest BCUT2D eigenvalue weighted by Gasteiger charge is -2.19. The molecular formula is C11H11BrN2O3. The minimum atomic E-state index is -0.444. The topological polar surface area (TPSA) is 63.4 Å².